The molecule has 154 valence electrons. The summed E-state index contributed by atoms with van der Waals surface area (Å²) in [5.41, 5.74) is 1.02. The Morgan fingerprint density at radius 1 is 1.25 bits per heavy atom. The molecule has 2 aliphatic rings. The van der Waals surface area contributed by atoms with E-state index in [1.54, 1.807) is 18.2 Å². The monoisotopic (exact) mass is 434 g/mol. The predicted octanol–water partition coefficient (Wildman–Crippen LogP) is 2.47. The molecule has 0 spiro atoms. The van der Waals surface area contributed by atoms with E-state index in [1.165, 1.54) is 17.2 Å². The first kappa shape index (κ1) is 22.1. The number of ether oxygens (including phenoxy) is 2. The van der Waals surface area contributed by atoms with E-state index in [4.69, 9.17) is 9.47 Å². The maximum atomic E-state index is 14.6. The minimum absolute atomic E-state index is 0. The Hall–Kier alpha value is -2.23. The van der Waals surface area contributed by atoms with Crippen molar-refractivity contribution in [2.45, 2.75) is 6.10 Å². The van der Waals surface area contributed by atoms with Crippen molar-refractivity contribution in [3.63, 3.8) is 0 Å². The van der Waals surface area contributed by atoms with Crippen molar-refractivity contribution in [3.05, 3.63) is 36.3 Å². The van der Waals surface area contributed by atoms with Crippen LogP contribution in [0.15, 0.2) is 35.1 Å². The van der Waals surface area contributed by atoms with Crippen molar-refractivity contribution in [1.29, 1.82) is 0 Å². The fourth-order valence-corrected chi connectivity index (χ4v) is 3.10. The number of hydrogen-bond acceptors (Lipinski definition) is 7. The van der Waals surface area contributed by atoms with Crippen molar-refractivity contribution in [2.75, 3.05) is 49.1 Å². The van der Waals surface area contributed by atoms with Crippen molar-refractivity contribution >= 4 is 42.3 Å². The van der Waals surface area contributed by atoms with E-state index in [0.717, 1.165) is 26.2 Å². The molecule has 1 atom stereocenters. The highest BCUT2D eigenvalue weighted by Crippen LogP contribution is 2.28. The van der Waals surface area contributed by atoms with Crippen molar-refractivity contribution < 1.29 is 23.2 Å². The van der Waals surface area contributed by atoms with Crippen molar-refractivity contribution in [2.24, 2.45) is 0 Å². The Labute approximate surface area is 173 Å². The SMILES string of the molecule is Cl.Cl.O=C1O[C@@H](COc2ccon2)CN1c1ccc(N2CCNCC2)c(F)c1. The molecule has 0 bridgehead atoms. The Morgan fingerprint density at radius 3 is 2.71 bits per heavy atom. The van der Waals surface area contributed by atoms with Crippen LogP contribution in [0.4, 0.5) is 20.6 Å². The first-order valence-corrected chi connectivity index (χ1v) is 8.47. The average molecular weight is 435 g/mol. The molecule has 0 aliphatic carbocycles. The molecule has 11 heteroatoms. The lowest BCUT2D eigenvalue weighted by Gasteiger charge is -2.30. The zero-order valence-corrected chi connectivity index (χ0v) is 16.5. The molecule has 8 nitrogen and oxygen atoms in total. The number of carbonyl (C=O) groups excluding carboxylic acids is 1. The molecule has 28 heavy (non-hydrogen) atoms. The minimum Gasteiger partial charge on any atom is -0.471 e. The summed E-state index contributed by atoms with van der Waals surface area (Å²) >= 11 is 0. The Balaban J connectivity index is 0.00000140. The number of carbonyl (C=O) groups is 1. The van der Waals surface area contributed by atoms with Crippen LogP contribution >= 0.6 is 24.8 Å². The number of benzene rings is 1. The number of nitrogens with zero attached hydrogens (tertiary/aromatic N) is 3. The van der Waals surface area contributed by atoms with Crippen LogP contribution in [0.5, 0.6) is 5.88 Å². The van der Waals surface area contributed by atoms with Gasteiger partial charge in [-0.3, -0.25) is 4.90 Å². The maximum absolute atomic E-state index is 14.6. The smallest absolute Gasteiger partial charge is 0.414 e. The van der Waals surface area contributed by atoms with Gasteiger partial charge in [0.15, 0.2) is 6.10 Å². The van der Waals surface area contributed by atoms with Crippen LogP contribution in [0.3, 0.4) is 0 Å². The number of cyclic esters (lactones) is 1. The summed E-state index contributed by atoms with van der Waals surface area (Å²) in [5.74, 6) is -0.0228. The number of halogens is 3. The highest BCUT2D eigenvalue weighted by atomic mass is 35.5. The summed E-state index contributed by atoms with van der Waals surface area (Å²) in [7, 11) is 0. The van der Waals surface area contributed by atoms with Gasteiger partial charge in [-0.2, -0.15) is 0 Å². The third kappa shape index (κ3) is 4.78. The van der Waals surface area contributed by atoms with Crippen LogP contribution in [0.25, 0.3) is 0 Å². The van der Waals surface area contributed by atoms with Gasteiger partial charge in [-0.25, -0.2) is 9.18 Å². The number of amides is 1. The summed E-state index contributed by atoms with van der Waals surface area (Å²) in [4.78, 5) is 15.5. The Bertz CT molecular complexity index is 775. The molecule has 1 N–H and O–H groups in total. The standard InChI is InChI=1S/C17H19FN4O4.2ClH/c18-14-9-12(1-2-15(14)21-6-4-19-5-7-21)22-10-13(26-17(22)23)11-24-16-3-8-25-20-16;;/h1-3,8-9,13,19H,4-7,10-11H2;2*1H/t13-;;/m1../s1. The molecule has 2 fully saturated rings. The van der Waals surface area contributed by atoms with Crippen LogP contribution in [-0.4, -0.2) is 56.7 Å². The van der Waals surface area contributed by atoms with E-state index in [1.807, 2.05) is 4.90 Å². The molecule has 1 amide bonds. The van der Waals surface area contributed by atoms with Gasteiger partial charge in [0.25, 0.3) is 5.88 Å². The number of rotatable bonds is 5. The maximum Gasteiger partial charge on any atom is 0.414 e. The van der Waals surface area contributed by atoms with E-state index in [-0.39, 0.29) is 43.8 Å². The lowest BCUT2D eigenvalue weighted by Crippen LogP contribution is -2.43. The van der Waals surface area contributed by atoms with Gasteiger partial charge < -0.3 is 24.2 Å². The highest BCUT2D eigenvalue weighted by molar-refractivity contribution is 5.90. The van der Waals surface area contributed by atoms with E-state index in [9.17, 15) is 9.18 Å². The molecule has 2 aromatic rings. The third-order valence-electron chi connectivity index (χ3n) is 4.41. The molecule has 1 aromatic carbocycles. The largest absolute Gasteiger partial charge is 0.471 e. The molecule has 2 saturated heterocycles. The van der Waals surface area contributed by atoms with Gasteiger partial charge in [-0.05, 0) is 23.4 Å². The third-order valence-corrected chi connectivity index (χ3v) is 4.41. The summed E-state index contributed by atoms with van der Waals surface area (Å²) in [5, 5.41) is 6.87. The summed E-state index contributed by atoms with van der Waals surface area (Å²) < 4.78 is 29.9. The number of nitrogens with one attached hydrogen (secondary N) is 1. The quantitative estimate of drug-likeness (QED) is 0.773. The molecular formula is C17H21Cl2FN4O4. The highest BCUT2D eigenvalue weighted by Gasteiger charge is 2.33. The van der Waals surface area contributed by atoms with E-state index < -0.39 is 12.2 Å². The fourth-order valence-electron chi connectivity index (χ4n) is 3.10. The second-order valence-corrected chi connectivity index (χ2v) is 6.14. The van der Waals surface area contributed by atoms with E-state index >= 15 is 0 Å². The summed E-state index contributed by atoms with van der Waals surface area (Å²) in [6.07, 6.45) is 0.411. The second kappa shape index (κ2) is 9.81. The predicted molar refractivity (Wildman–Crippen MR) is 106 cm³/mol. The first-order chi connectivity index (χ1) is 12.7. The van der Waals surface area contributed by atoms with Gasteiger partial charge in [0.2, 0.25) is 0 Å². The molecule has 4 rings (SSSR count). The normalized spacial score (nSPS) is 18.9. The Morgan fingerprint density at radius 2 is 2.04 bits per heavy atom. The molecule has 1 aromatic heterocycles. The summed E-state index contributed by atoms with van der Waals surface area (Å²) in [6.45, 7) is 3.59. The molecule has 3 heterocycles. The van der Waals surface area contributed by atoms with Gasteiger partial charge in [0, 0.05) is 32.2 Å². The van der Waals surface area contributed by atoms with Gasteiger partial charge in [-0.15, -0.1) is 24.8 Å². The van der Waals surface area contributed by atoms with Crippen molar-refractivity contribution in [1.82, 2.24) is 10.5 Å². The fraction of sp³-hybridized carbons (Fsp3) is 0.412. The number of hydrogen-bond donors (Lipinski definition) is 1. The number of anilines is 2. The average Bonchev–Trinajstić information content (AvgIpc) is 3.30. The second-order valence-electron chi connectivity index (χ2n) is 6.14. The van der Waals surface area contributed by atoms with Gasteiger partial charge in [-0.1, -0.05) is 0 Å². The van der Waals surface area contributed by atoms with Crippen LogP contribution < -0.4 is 19.9 Å². The minimum atomic E-state index is -0.520. The van der Waals surface area contributed by atoms with Crippen LogP contribution in [0.1, 0.15) is 0 Å². The molecule has 0 unspecified atom stereocenters. The van der Waals surface area contributed by atoms with E-state index in [2.05, 4.69) is 15.0 Å². The van der Waals surface area contributed by atoms with Crippen molar-refractivity contribution in [3.8, 4) is 5.88 Å². The number of piperazine rings is 1. The van der Waals surface area contributed by atoms with Crippen LogP contribution in [0.2, 0.25) is 0 Å². The summed E-state index contributed by atoms with van der Waals surface area (Å²) in [6, 6.07) is 6.39. The first-order valence-electron chi connectivity index (χ1n) is 8.47. The zero-order valence-electron chi connectivity index (χ0n) is 14.9. The van der Waals surface area contributed by atoms with Gasteiger partial charge in [0.1, 0.15) is 18.7 Å². The van der Waals surface area contributed by atoms with Crippen LogP contribution in [0, 0.1) is 5.82 Å². The van der Waals surface area contributed by atoms with Gasteiger partial charge in [0.05, 0.1) is 17.9 Å². The molecule has 0 radical (unpaired) electrons. The van der Waals surface area contributed by atoms with E-state index in [0.29, 0.717) is 17.3 Å². The van der Waals surface area contributed by atoms with Crippen LogP contribution in [-0.2, 0) is 4.74 Å². The molecular weight excluding hydrogens is 414 g/mol. The van der Waals surface area contributed by atoms with Gasteiger partial charge >= 0.3 is 6.09 Å². The molecule has 0 saturated carbocycles. The topological polar surface area (TPSA) is 80.1 Å². The lowest BCUT2D eigenvalue weighted by atomic mass is 10.2. The lowest BCUT2D eigenvalue weighted by molar-refractivity contribution is 0.102. The zero-order chi connectivity index (χ0) is 17.9. The molecule has 2 aliphatic heterocycles. The Kier molecular flexibility index (Phi) is 7.73. The number of aromatic nitrogens is 1.